The molecule has 4 nitrogen and oxygen atoms in total. The molecule has 0 amide bonds. The van der Waals surface area contributed by atoms with Crippen LogP contribution in [0.25, 0.3) is 10.8 Å². The summed E-state index contributed by atoms with van der Waals surface area (Å²) in [7, 11) is 0. The third kappa shape index (κ3) is 5.18. The molecular formula is C21H24O4S. The van der Waals surface area contributed by atoms with Gasteiger partial charge in [-0.25, -0.2) is 4.79 Å². The highest BCUT2D eigenvalue weighted by atomic mass is 32.2. The van der Waals surface area contributed by atoms with Gasteiger partial charge in [0, 0.05) is 18.1 Å². The molecule has 0 fully saturated rings. The molecule has 0 spiro atoms. The number of esters is 1. The molecule has 2 atom stereocenters. The van der Waals surface area contributed by atoms with Gasteiger partial charge >= 0.3 is 11.3 Å². The maximum absolute atomic E-state index is 12.3. The van der Waals surface area contributed by atoms with Crippen LogP contribution in [0.4, 0.5) is 4.79 Å². The van der Waals surface area contributed by atoms with Crippen LogP contribution in [-0.4, -0.2) is 22.8 Å². The normalized spacial score (nSPS) is 13.2. The highest BCUT2D eigenvalue weighted by Gasteiger charge is 2.22. The molecule has 0 bridgehead atoms. The highest BCUT2D eigenvalue weighted by Crippen LogP contribution is 2.24. The molecule has 5 heteroatoms. The molecular weight excluding hydrogens is 348 g/mol. The van der Waals surface area contributed by atoms with E-state index < -0.39 is 17.2 Å². The monoisotopic (exact) mass is 372 g/mol. The van der Waals surface area contributed by atoms with E-state index in [1.54, 1.807) is 20.8 Å². The van der Waals surface area contributed by atoms with Gasteiger partial charge in [-0.2, -0.15) is 0 Å². The molecule has 0 aromatic heterocycles. The van der Waals surface area contributed by atoms with Gasteiger partial charge in [0.1, 0.15) is 5.78 Å². The van der Waals surface area contributed by atoms with Crippen LogP contribution in [0.2, 0.25) is 0 Å². The van der Waals surface area contributed by atoms with Crippen molar-refractivity contribution in [2.75, 3.05) is 5.75 Å². The zero-order chi connectivity index (χ0) is 19.3. The zero-order valence-electron chi connectivity index (χ0n) is 15.6. The summed E-state index contributed by atoms with van der Waals surface area (Å²) in [6.45, 7) is 7.32. The number of ketones is 1. The lowest BCUT2D eigenvalue weighted by atomic mass is 9.97. The third-order valence-corrected chi connectivity index (χ3v) is 5.39. The molecule has 0 aliphatic carbocycles. The van der Waals surface area contributed by atoms with Gasteiger partial charge < -0.3 is 4.74 Å². The second-order valence-electron chi connectivity index (χ2n) is 6.53. The van der Waals surface area contributed by atoms with Crippen LogP contribution in [-0.2, 0) is 14.3 Å². The number of aryl methyl sites for hydroxylation is 1. The first-order chi connectivity index (χ1) is 12.3. The van der Waals surface area contributed by atoms with Gasteiger partial charge in [-0.3, -0.25) is 9.59 Å². The minimum atomic E-state index is -0.658. The number of hydrogen-bond donors (Lipinski definition) is 0. The SMILES string of the molecule is CCC(=O)C(C)CSC(=O)OC(=O)[C@@H](C)c1ccc2cc(C)ccc2c1. The number of hydrogen-bond acceptors (Lipinski definition) is 5. The van der Waals surface area contributed by atoms with Crippen molar-refractivity contribution in [1.82, 2.24) is 0 Å². The fraction of sp³-hybridized carbons (Fsp3) is 0.381. The molecule has 2 aromatic carbocycles. The van der Waals surface area contributed by atoms with Gasteiger partial charge in [0.25, 0.3) is 0 Å². The summed E-state index contributed by atoms with van der Waals surface area (Å²) in [6, 6.07) is 11.9. The Morgan fingerprint density at radius 1 is 1.04 bits per heavy atom. The summed E-state index contributed by atoms with van der Waals surface area (Å²) in [6.07, 6.45) is 0.439. The summed E-state index contributed by atoms with van der Waals surface area (Å²) >= 11 is 0.871. The van der Waals surface area contributed by atoms with Crippen molar-refractivity contribution in [3.63, 3.8) is 0 Å². The topological polar surface area (TPSA) is 60.4 Å². The van der Waals surface area contributed by atoms with Crippen LogP contribution in [0.15, 0.2) is 36.4 Å². The van der Waals surface area contributed by atoms with E-state index in [-0.39, 0.29) is 11.7 Å². The van der Waals surface area contributed by atoms with Gasteiger partial charge in [-0.15, -0.1) is 0 Å². The Labute approximate surface area is 158 Å². The first-order valence-corrected chi connectivity index (χ1v) is 9.71. The maximum Gasteiger partial charge on any atom is 0.375 e. The maximum atomic E-state index is 12.3. The Morgan fingerprint density at radius 3 is 2.38 bits per heavy atom. The molecule has 0 aliphatic rings. The van der Waals surface area contributed by atoms with E-state index >= 15 is 0 Å². The van der Waals surface area contributed by atoms with Crippen molar-refractivity contribution in [2.24, 2.45) is 5.92 Å². The number of rotatable bonds is 6. The molecule has 2 aromatic rings. The summed E-state index contributed by atoms with van der Waals surface area (Å²) in [4.78, 5) is 35.7. The Morgan fingerprint density at radius 2 is 1.69 bits per heavy atom. The molecule has 138 valence electrons. The second-order valence-corrected chi connectivity index (χ2v) is 7.49. The van der Waals surface area contributed by atoms with E-state index in [2.05, 4.69) is 6.07 Å². The van der Waals surface area contributed by atoms with Crippen LogP contribution in [0.3, 0.4) is 0 Å². The van der Waals surface area contributed by atoms with Crippen LogP contribution in [0.1, 0.15) is 44.2 Å². The standard InChI is InChI=1S/C21H24O4S/c1-5-19(22)14(3)12-26-21(24)25-20(23)15(4)16-8-9-17-10-13(2)6-7-18(17)11-16/h6-11,14-15H,5,12H2,1-4H3/t14?,15-/m0/s1. The van der Waals surface area contributed by atoms with Crippen molar-refractivity contribution in [2.45, 2.75) is 40.0 Å². The number of ether oxygens (including phenoxy) is 1. The van der Waals surface area contributed by atoms with Crippen molar-refractivity contribution in [3.05, 3.63) is 47.5 Å². The zero-order valence-corrected chi connectivity index (χ0v) is 16.4. The average molecular weight is 372 g/mol. The molecule has 0 radical (unpaired) electrons. The van der Waals surface area contributed by atoms with Gasteiger partial charge in [0.05, 0.1) is 5.92 Å². The van der Waals surface area contributed by atoms with Gasteiger partial charge in [-0.1, -0.05) is 55.8 Å². The first-order valence-electron chi connectivity index (χ1n) is 8.73. The lowest BCUT2D eigenvalue weighted by Crippen LogP contribution is -2.18. The number of benzene rings is 2. The number of carbonyl (C=O) groups is 3. The summed E-state index contributed by atoms with van der Waals surface area (Å²) < 4.78 is 4.94. The van der Waals surface area contributed by atoms with E-state index in [0.29, 0.717) is 12.2 Å². The molecule has 0 saturated carbocycles. The Balaban J connectivity index is 1.97. The Hall–Kier alpha value is -2.14. The number of fused-ring (bicyclic) bond motifs is 1. The second kappa shape index (κ2) is 8.99. The Bertz CT molecular complexity index is 828. The third-order valence-electron chi connectivity index (χ3n) is 4.41. The van der Waals surface area contributed by atoms with E-state index in [9.17, 15) is 14.4 Å². The minimum absolute atomic E-state index is 0.0939. The van der Waals surface area contributed by atoms with Crippen LogP contribution in [0, 0.1) is 12.8 Å². The quantitative estimate of drug-likeness (QED) is 0.511. The fourth-order valence-corrected chi connectivity index (χ4v) is 3.34. The number of carbonyl (C=O) groups excluding carboxylic acids is 3. The lowest BCUT2D eigenvalue weighted by molar-refractivity contribution is -0.137. The Kier molecular flexibility index (Phi) is 6.98. The largest absolute Gasteiger partial charge is 0.384 e. The predicted molar refractivity (Wildman–Crippen MR) is 106 cm³/mol. The molecule has 0 heterocycles. The predicted octanol–water partition coefficient (Wildman–Crippen LogP) is 5.26. The van der Waals surface area contributed by atoms with Crippen molar-refractivity contribution < 1.29 is 19.1 Å². The van der Waals surface area contributed by atoms with Gasteiger partial charge in [0.2, 0.25) is 0 Å². The molecule has 0 saturated heterocycles. The molecule has 0 aliphatic heterocycles. The summed E-state index contributed by atoms with van der Waals surface area (Å²) in [5.41, 5.74) is 1.98. The van der Waals surface area contributed by atoms with Crippen molar-refractivity contribution in [3.8, 4) is 0 Å². The lowest BCUT2D eigenvalue weighted by Gasteiger charge is -2.12. The number of thioether (sulfide) groups is 1. The van der Waals surface area contributed by atoms with Gasteiger partial charge in [-0.05, 0) is 41.9 Å². The fourth-order valence-electron chi connectivity index (χ4n) is 2.62. The van der Waals surface area contributed by atoms with Crippen LogP contribution in [0.5, 0.6) is 0 Å². The summed E-state index contributed by atoms with van der Waals surface area (Å²) in [5, 5.41) is 1.49. The number of Topliss-reactive ketones (excluding diaryl/α,β-unsaturated/α-hetero) is 1. The molecule has 0 N–H and O–H groups in total. The smallest absolute Gasteiger partial charge is 0.375 e. The molecule has 2 rings (SSSR count). The summed E-state index contributed by atoms with van der Waals surface area (Å²) in [5.74, 6) is -0.934. The van der Waals surface area contributed by atoms with Crippen LogP contribution < -0.4 is 0 Å². The molecule has 26 heavy (non-hydrogen) atoms. The van der Waals surface area contributed by atoms with Crippen molar-refractivity contribution >= 4 is 39.6 Å². The van der Waals surface area contributed by atoms with E-state index in [1.807, 2.05) is 37.3 Å². The van der Waals surface area contributed by atoms with E-state index in [0.717, 1.165) is 28.1 Å². The van der Waals surface area contributed by atoms with Gasteiger partial charge in [0.15, 0.2) is 0 Å². The molecule has 1 unspecified atom stereocenters. The highest BCUT2D eigenvalue weighted by molar-refractivity contribution is 8.13. The van der Waals surface area contributed by atoms with E-state index in [4.69, 9.17) is 4.74 Å². The van der Waals surface area contributed by atoms with Crippen molar-refractivity contribution in [1.29, 1.82) is 0 Å². The minimum Gasteiger partial charge on any atom is -0.384 e. The van der Waals surface area contributed by atoms with E-state index in [1.165, 1.54) is 5.56 Å². The first kappa shape index (κ1) is 20.2. The average Bonchev–Trinajstić information content (AvgIpc) is 2.64. The van der Waals surface area contributed by atoms with Crippen LogP contribution >= 0.6 is 11.8 Å².